The molecule has 3 heteroatoms. The Morgan fingerprint density at radius 2 is 2.18 bits per heavy atom. The summed E-state index contributed by atoms with van der Waals surface area (Å²) < 4.78 is 5.36. The lowest BCUT2D eigenvalue weighted by Crippen LogP contribution is -2.46. The van der Waals surface area contributed by atoms with Crippen LogP contribution in [0.1, 0.15) is 12.5 Å². The van der Waals surface area contributed by atoms with E-state index in [4.69, 9.17) is 4.74 Å². The highest BCUT2D eigenvalue weighted by molar-refractivity contribution is 5.82. The number of morpholine rings is 1. The van der Waals surface area contributed by atoms with Gasteiger partial charge in [0.15, 0.2) is 5.78 Å². The first-order chi connectivity index (χ1) is 8.25. The molecule has 2 rings (SSSR count). The first kappa shape index (κ1) is 12.3. The number of ether oxygens (including phenoxy) is 1. The van der Waals surface area contributed by atoms with Gasteiger partial charge in [-0.05, 0) is 12.5 Å². The molecule has 0 spiro atoms. The van der Waals surface area contributed by atoms with Gasteiger partial charge in [0.1, 0.15) is 0 Å². The summed E-state index contributed by atoms with van der Waals surface area (Å²) in [5.74, 6) is 0.282. The van der Waals surface area contributed by atoms with Crippen molar-refractivity contribution in [3.63, 3.8) is 0 Å². The summed E-state index contributed by atoms with van der Waals surface area (Å²) in [6.07, 6.45) is 0.533. The zero-order valence-corrected chi connectivity index (χ0v) is 10.3. The third kappa shape index (κ3) is 3.65. The van der Waals surface area contributed by atoms with Crippen molar-refractivity contribution in [1.82, 2.24) is 4.90 Å². The van der Waals surface area contributed by atoms with E-state index < -0.39 is 0 Å². The summed E-state index contributed by atoms with van der Waals surface area (Å²) in [6.45, 7) is 4.98. The fourth-order valence-electron chi connectivity index (χ4n) is 2.10. The number of hydrogen-bond acceptors (Lipinski definition) is 3. The largest absolute Gasteiger partial charge is 0.379 e. The Labute approximate surface area is 102 Å². The van der Waals surface area contributed by atoms with E-state index >= 15 is 0 Å². The molecule has 1 aromatic carbocycles. The van der Waals surface area contributed by atoms with Gasteiger partial charge in [0.2, 0.25) is 0 Å². The third-order valence-corrected chi connectivity index (χ3v) is 3.13. The number of ketones is 1. The first-order valence-electron chi connectivity index (χ1n) is 6.13. The van der Waals surface area contributed by atoms with E-state index in [9.17, 15) is 4.79 Å². The Bertz CT molecular complexity index is 364. The lowest BCUT2D eigenvalue weighted by molar-refractivity contribution is -0.121. The number of nitrogens with zero attached hydrogens (tertiary/aromatic N) is 1. The van der Waals surface area contributed by atoms with Crippen LogP contribution in [0.2, 0.25) is 0 Å². The maximum Gasteiger partial charge on any atom is 0.151 e. The molecule has 1 fully saturated rings. The van der Waals surface area contributed by atoms with Gasteiger partial charge in [-0.25, -0.2) is 0 Å². The second-order valence-corrected chi connectivity index (χ2v) is 4.60. The quantitative estimate of drug-likeness (QED) is 0.789. The zero-order valence-electron chi connectivity index (χ0n) is 10.3. The number of rotatable bonds is 4. The number of benzene rings is 1. The maximum absolute atomic E-state index is 11.9. The molecule has 1 unspecified atom stereocenters. The maximum atomic E-state index is 11.9. The van der Waals surface area contributed by atoms with Gasteiger partial charge in [0.25, 0.3) is 0 Å². The van der Waals surface area contributed by atoms with E-state index in [2.05, 4.69) is 11.8 Å². The second-order valence-electron chi connectivity index (χ2n) is 4.60. The van der Waals surface area contributed by atoms with Crippen LogP contribution in [-0.2, 0) is 16.0 Å². The number of carbonyl (C=O) groups is 1. The molecule has 0 aliphatic carbocycles. The molecule has 0 N–H and O–H groups in total. The number of hydrogen-bond donors (Lipinski definition) is 0. The Morgan fingerprint density at radius 3 is 2.88 bits per heavy atom. The Morgan fingerprint density at radius 1 is 1.41 bits per heavy atom. The van der Waals surface area contributed by atoms with Crippen molar-refractivity contribution in [2.75, 3.05) is 26.3 Å². The average Bonchev–Trinajstić information content (AvgIpc) is 2.33. The van der Waals surface area contributed by atoms with Crippen LogP contribution in [-0.4, -0.2) is 43.0 Å². The molecule has 1 saturated heterocycles. The lowest BCUT2D eigenvalue weighted by atomic mass is 10.1. The molecular weight excluding hydrogens is 214 g/mol. The molecular formula is C14H19NO2. The van der Waals surface area contributed by atoms with Gasteiger partial charge in [-0.3, -0.25) is 9.69 Å². The fourth-order valence-corrected chi connectivity index (χ4v) is 2.10. The fraction of sp³-hybridized carbons (Fsp3) is 0.500. The molecule has 1 aliphatic rings. The minimum atomic E-state index is 0.282. The Balaban J connectivity index is 1.84. The third-order valence-electron chi connectivity index (χ3n) is 3.13. The van der Waals surface area contributed by atoms with Crippen LogP contribution in [0.3, 0.4) is 0 Å². The van der Waals surface area contributed by atoms with E-state index in [1.165, 1.54) is 0 Å². The van der Waals surface area contributed by atoms with Crippen LogP contribution in [0.5, 0.6) is 0 Å². The minimum absolute atomic E-state index is 0.282. The molecule has 3 nitrogen and oxygen atoms in total. The van der Waals surface area contributed by atoms with Crippen molar-refractivity contribution >= 4 is 5.78 Å². The zero-order chi connectivity index (χ0) is 12.1. The molecule has 0 amide bonds. The number of Topliss-reactive ketones (excluding diaryl/α,β-unsaturated/α-hetero) is 1. The van der Waals surface area contributed by atoms with Gasteiger partial charge >= 0.3 is 0 Å². The van der Waals surface area contributed by atoms with Gasteiger partial charge < -0.3 is 4.74 Å². The SMILES string of the molecule is CC1COCCN1CC(=O)Cc1ccccc1. The van der Waals surface area contributed by atoms with Gasteiger partial charge in [-0.1, -0.05) is 30.3 Å². The summed E-state index contributed by atoms with van der Waals surface area (Å²) in [5.41, 5.74) is 1.10. The monoisotopic (exact) mass is 233 g/mol. The second kappa shape index (κ2) is 5.94. The topological polar surface area (TPSA) is 29.5 Å². The molecule has 1 aromatic rings. The summed E-state index contributed by atoms with van der Waals surface area (Å²) in [5, 5.41) is 0. The predicted octanol–water partition coefficient (Wildman–Crippen LogP) is 1.52. The van der Waals surface area contributed by atoms with Gasteiger partial charge in [-0.2, -0.15) is 0 Å². The molecule has 0 saturated carbocycles. The average molecular weight is 233 g/mol. The van der Waals surface area contributed by atoms with Crippen molar-refractivity contribution in [2.24, 2.45) is 0 Å². The summed E-state index contributed by atoms with van der Waals surface area (Å²) >= 11 is 0. The van der Waals surface area contributed by atoms with Crippen molar-refractivity contribution < 1.29 is 9.53 Å². The molecule has 0 radical (unpaired) electrons. The summed E-state index contributed by atoms with van der Waals surface area (Å²) in [4.78, 5) is 14.1. The van der Waals surface area contributed by atoms with Crippen LogP contribution >= 0.6 is 0 Å². The molecule has 1 aliphatic heterocycles. The molecule has 17 heavy (non-hydrogen) atoms. The standard InChI is InChI=1S/C14H19NO2/c1-12-11-17-8-7-15(12)10-14(16)9-13-5-3-2-4-6-13/h2-6,12H,7-11H2,1H3. The Kier molecular flexibility index (Phi) is 4.29. The van der Waals surface area contributed by atoms with E-state index in [0.29, 0.717) is 19.0 Å². The van der Waals surface area contributed by atoms with Gasteiger partial charge in [-0.15, -0.1) is 0 Å². The predicted molar refractivity (Wildman–Crippen MR) is 67.0 cm³/mol. The van der Waals surface area contributed by atoms with E-state index in [1.807, 2.05) is 30.3 Å². The highest BCUT2D eigenvalue weighted by Crippen LogP contribution is 2.07. The molecule has 0 aromatic heterocycles. The lowest BCUT2D eigenvalue weighted by Gasteiger charge is -2.32. The summed E-state index contributed by atoms with van der Waals surface area (Å²) in [7, 11) is 0. The van der Waals surface area contributed by atoms with E-state index in [0.717, 1.165) is 25.3 Å². The highest BCUT2D eigenvalue weighted by atomic mass is 16.5. The van der Waals surface area contributed by atoms with E-state index in [-0.39, 0.29) is 5.78 Å². The van der Waals surface area contributed by atoms with Crippen LogP contribution in [0.4, 0.5) is 0 Å². The highest BCUT2D eigenvalue weighted by Gasteiger charge is 2.20. The van der Waals surface area contributed by atoms with Crippen molar-refractivity contribution in [1.29, 1.82) is 0 Å². The van der Waals surface area contributed by atoms with Crippen molar-refractivity contribution in [3.8, 4) is 0 Å². The van der Waals surface area contributed by atoms with Crippen LogP contribution in [0, 0.1) is 0 Å². The minimum Gasteiger partial charge on any atom is -0.379 e. The van der Waals surface area contributed by atoms with E-state index in [1.54, 1.807) is 0 Å². The first-order valence-corrected chi connectivity index (χ1v) is 6.13. The molecule has 0 bridgehead atoms. The summed E-state index contributed by atoms with van der Waals surface area (Å²) in [6, 6.07) is 10.3. The van der Waals surface area contributed by atoms with Crippen LogP contribution < -0.4 is 0 Å². The Hall–Kier alpha value is -1.19. The van der Waals surface area contributed by atoms with Crippen LogP contribution in [0.25, 0.3) is 0 Å². The normalized spacial score (nSPS) is 21.4. The molecule has 1 atom stereocenters. The molecule has 1 heterocycles. The van der Waals surface area contributed by atoms with Gasteiger partial charge in [0.05, 0.1) is 19.8 Å². The number of carbonyl (C=O) groups excluding carboxylic acids is 1. The smallest absolute Gasteiger partial charge is 0.151 e. The van der Waals surface area contributed by atoms with Crippen molar-refractivity contribution in [2.45, 2.75) is 19.4 Å². The van der Waals surface area contributed by atoms with Gasteiger partial charge in [0, 0.05) is 19.0 Å². The van der Waals surface area contributed by atoms with Crippen LogP contribution in [0.15, 0.2) is 30.3 Å². The van der Waals surface area contributed by atoms with Crippen molar-refractivity contribution in [3.05, 3.63) is 35.9 Å². The molecule has 92 valence electrons.